The smallest absolute Gasteiger partial charge is 0.223 e. The summed E-state index contributed by atoms with van der Waals surface area (Å²) in [5.74, 6) is -0.206. The molecule has 0 spiro atoms. The van der Waals surface area contributed by atoms with Crippen molar-refractivity contribution >= 4 is 11.7 Å². The number of rotatable bonds is 7. The minimum atomic E-state index is -0.720. The summed E-state index contributed by atoms with van der Waals surface area (Å²) >= 11 is 0. The zero-order valence-electron chi connectivity index (χ0n) is 12.9. The van der Waals surface area contributed by atoms with Crippen LogP contribution in [0.1, 0.15) is 32.8 Å². The molecule has 1 fully saturated rings. The minimum Gasteiger partial charge on any atom is -0.361 e. The Morgan fingerprint density at radius 2 is 1.95 bits per heavy atom. The van der Waals surface area contributed by atoms with E-state index in [0.29, 0.717) is 13.0 Å². The second-order valence-electron chi connectivity index (χ2n) is 5.94. The van der Waals surface area contributed by atoms with Crippen LogP contribution in [0.5, 0.6) is 0 Å². The molecule has 1 amide bonds. The fourth-order valence-corrected chi connectivity index (χ4v) is 2.18. The molecule has 0 aliphatic carbocycles. The lowest BCUT2D eigenvalue weighted by Gasteiger charge is -2.21. The minimum absolute atomic E-state index is 0.0389. The van der Waals surface area contributed by atoms with Gasteiger partial charge < -0.3 is 10.1 Å². The van der Waals surface area contributed by atoms with Crippen LogP contribution in [0.4, 0.5) is 0 Å². The van der Waals surface area contributed by atoms with Gasteiger partial charge in [-0.3, -0.25) is 9.59 Å². The van der Waals surface area contributed by atoms with Crippen molar-refractivity contribution in [3.8, 4) is 0 Å². The van der Waals surface area contributed by atoms with Crippen LogP contribution in [0.15, 0.2) is 30.3 Å². The lowest BCUT2D eigenvalue weighted by molar-refractivity contribution is -0.132. The number of epoxide rings is 1. The van der Waals surface area contributed by atoms with Gasteiger partial charge >= 0.3 is 0 Å². The Hall–Kier alpha value is -1.68. The van der Waals surface area contributed by atoms with Crippen molar-refractivity contribution in [1.82, 2.24) is 5.32 Å². The molecule has 0 saturated carbocycles. The fraction of sp³-hybridized carbons (Fsp3) is 0.529. The van der Waals surface area contributed by atoms with Gasteiger partial charge in [-0.15, -0.1) is 0 Å². The first-order valence-corrected chi connectivity index (χ1v) is 7.49. The summed E-state index contributed by atoms with van der Waals surface area (Å²) in [6.07, 6.45) is 1.26. The molecule has 1 saturated heterocycles. The van der Waals surface area contributed by atoms with Crippen molar-refractivity contribution < 1.29 is 14.3 Å². The number of ketones is 1. The quantitative estimate of drug-likeness (QED) is 0.782. The summed E-state index contributed by atoms with van der Waals surface area (Å²) in [6.45, 7) is 6.05. The number of nitrogens with one attached hydrogen (secondary N) is 1. The molecule has 3 unspecified atom stereocenters. The highest BCUT2D eigenvalue weighted by molar-refractivity contribution is 5.96. The van der Waals surface area contributed by atoms with Gasteiger partial charge in [-0.1, -0.05) is 44.2 Å². The number of hydrogen-bond acceptors (Lipinski definition) is 3. The van der Waals surface area contributed by atoms with E-state index in [1.807, 2.05) is 44.2 Å². The van der Waals surface area contributed by atoms with Crippen molar-refractivity contribution in [2.24, 2.45) is 5.92 Å². The van der Waals surface area contributed by atoms with E-state index >= 15 is 0 Å². The van der Waals surface area contributed by atoms with Gasteiger partial charge in [-0.2, -0.15) is 0 Å². The lowest BCUT2D eigenvalue weighted by atomic mass is 9.94. The molecule has 21 heavy (non-hydrogen) atoms. The number of benzene rings is 1. The third kappa shape index (κ3) is 3.91. The van der Waals surface area contributed by atoms with Gasteiger partial charge in [-0.25, -0.2) is 0 Å². The number of amides is 1. The van der Waals surface area contributed by atoms with Gasteiger partial charge in [0.2, 0.25) is 5.91 Å². The van der Waals surface area contributed by atoms with E-state index in [1.165, 1.54) is 0 Å². The first-order chi connectivity index (χ1) is 9.96. The lowest BCUT2D eigenvalue weighted by Crippen LogP contribution is -2.48. The molecule has 1 aromatic rings. The second-order valence-corrected chi connectivity index (χ2v) is 5.94. The Morgan fingerprint density at radius 3 is 2.48 bits per heavy atom. The van der Waals surface area contributed by atoms with Crippen LogP contribution in [0.25, 0.3) is 0 Å². The van der Waals surface area contributed by atoms with Crippen LogP contribution in [-0.4, -0.2) is 29.9 Å². The third-order valence-electron chi connectivity index (χ3n) is 4.07. The van der Waals surface area contributed by atoms with Crippen LogP contribution < -0.4 is 5.32 Å². The third-order valence-corrected chi connectivity index (χ3v) is 4.07. The van der Waals surface area contributed by atoms with Gasteiger partial charge in [0.15, 0.2) is 5.78 Å². The van der Waals surface area contributed by atoms with Gasteiger partial charge in [0.1, 0.15) is 5.60 Å². The maximum atomic E-state index is 12.5. The summed E-state index contributed by atoms with van der Waals surface area (Å²) in [5, 5.41) is 2.89. The molecule has 1 N–H and O–H groups in total. The molecule has 0 bridgehead atoms. The van der Waals surface area contributed by atoms with E-state index < -0.39 is 11.6 Å². The largest absolute Gasteiger partial charge is 0.361 e. The molecule has 4 nitrogen and oxygen atoms in total. The molecule has 1 heterocycles. The monoisotopic (exact) mass is 289 g/mol. The van der Waals surface area contributed by atoms with E-state index in [4.69, 9.17) is 4.74 Å². The SMILES string of the molecule is CCC(C)C(=O)NC(Cc1ccccc1)C(=O)C1(C)CO1. The highest BCUT2D eigenvalue weighted by Crippen LogP contribution is 2.29. The summed E-state index contributed by atoms with van der Waals surface area (Å²) in [5.41, 5.74) is 0.312. The summed E-state index contributed by atoms with van der Waals surface area (Å²) in [4.78, 5) is 24.7. The molecule has 2 rings (SSSR count). The van der Waals surface area contributed by atoms with E-state index in [1.54, 1.807) is 6.92 Å². The fourth-order valence-electron chi connectivity index (χ4n) is 2.18. The average Bonchev–Trinajstić information content (AvgIpc) is 3.25. The number of carbonyl (C=O) groups is 2. The van der Waals surface area contributed by atoms with Crippen LogP contribution >= 0.6 is 0 Å². The molecule has 114 valence electrons. The maximum Gasteiger partial charge on any atom is 0.223 e. The van der Waals surface area contributed by atoms with Crippen molar-refractivity contribution in [3.05, 3.63) is 35.9 Å². The van der Waals surface area contributed by atoms with Crippen molar-refractivity contribution in [2.45, 2.75) is 45.3 Å². The topological polar surface area (TPSA) is 58.7 Å². The Bertz CT molecular complexity index is 508. The van der Waals surface area contributed by atoms with E-state index in [9.17, 15) is 9.59 Å². The molecule has 0 radical (unpaired) electrons. The van der Waals surface area contributed by atoms with E-state index in [-0.39, 0.29) is 17.6 Å². The molecule has 0 aromatic heterocycles. The maximum absolute atomic E-state index is 12.5. The second kappa shape index (κ2) is 6.39. The molecular formula is C17H23NO3. The van der Waals surface area contributed by atoms with Crippen molar-refractivity contribution in [1.29, 1.82) is 0 Å². The Morgan fingerprint density at radius 1 is 1.33 bits per heavy atom. The standard InChI is InChI=1S/C17H23NO3/c1-4-12(2)16(20)18-14(15(19)17(3)11-21-17)10-13-8-6-5-7-9-13/h5-9,12,14H,4,10-11H2,1-3H3,(H,18,20). The summed E-state index contributed by atoms with van der Waals surface area (Å²) in [7, 11) is 0. The highest BCUT2D eigenvalue weighted by Gasteiger charge is 2.50. The average molecular weight is 289 g/mol. The first-order valence-electron chi connectivity index (χ1n) is 7.49. The van der Waals surface area contributed by atoms with Gasteiger partial charge in [0.05, 0.1) is 12.6 Å². The number of ether oxygens (including phenoxy) is 1. The number of hydrogen-bond donors (Lipinski definition) is 1. The predicted molar refractivity (Wildman–Crippen MR) is 80.9 cm³/mol. The zero-order chi connectivity index (χ0) is 15.5. The van der Waals surface area contributed by atoms with E-state index in [0.717, 1.165) is 12.0 Å². The normalized spacial score (nSPS) is 23.2. The number of carbonyl (C=O) groups excluding carboxylic acids is 2. The first kappa shape index (κ1) is 15.7. The van der Waals surface area contributed by atoms with Crippen LogP contribution in [0, 0.1) is 5.92 Å². The van der Waals surface area contributed by atoms with Crippen LogP contribution in [0.3, 0.4) is 0 Å². The molecule has 4 heteroatoms. The van der Waals surface area contributed by atoms with E-state index in [2.05, 4.69) is 5.32 Å². The van der Waals surface area contributed by atoms with Gasteiger partial charge in [0, 0.05) is 5.92 Å². The molecule has 3 atom stereocenters. The molecule has 1 aliphatic rings. The Labute approximate surface area is 125 Å². The molecule has 1 aromatic carbocycles. The Kier molecular flexibility index (Phi) is 4.78. The van der Waals surface area contributed by atoms with Crippen molar-refractivity contribution in [2.75, 3.05) is 6.61 Å². The van der Waals surface area contributed by atoms with Gasteiger partial charge in [0.25, 0.3) is 0 Å². The van der Waals surface area contributed by atoms with Crippen LogP contribution in [-0.2, 0) is 20.7 Å². The zero-order valence-corrected chi connectivity index (χ0v) is 12.9. The number of Topliss-reactive ketones (excluding diaryl/α,β-unsaturated/α-hetero) is 1. The predicted octanol–water partition coefficient (Wildman–Crippen LogP) is 2.12. The molecular weight excluding hydrogens is 266 g/mol. The van der Waals surface area contributed by atoms with Crippen LogP contribution in [0.2, 0.25) is 0 Å². The highest BCUT2D eigenvalue weighted by atomic mass is 16.6. The summed E-state index contributed by atoms with van der Waals surface area (Å²) in [6, 6.07) is 9.20. The molecule has 1 aliphatic heterocycles. The summed E-state index contributed by atoms with van der Waals surface area (Å²) < 4.78 is 5.24. The van der Waals surface area contributed by atoms with Crippen molar-refractivity contribution in [3.63, 3.8) is 0 Å². The van der Waals surface area contributed by atoms with Gasteiger partial charge in [-0.05, 0) is 25.3 Å². The Balaban J connectivity index is 2.10.